The van der Waals surface area contributed by atoms with Gasteiger partial charge in [0.25, 0.3) is 5.56 Å². The first kappa shape index (κ1) is 29.7. The van der Waals surface area contributed by atoms with Gasteiger partial charge in [-0.25, -0.2) is 13.8 Å². The normalized spacial score (nSPS) is 26.5. The van der Waals surface area contributed by atoms with Crippen LogP contribution in [-0.2, 0) is 23.4 Å². The zero-order valence-electron chi connectivity index (χ0n) is 21.4. The van der Waals surface area contributed by atoms with Crippen molar-refractivity contribution < 1.29 is 42.5 Å². The molecule has 0 radical (unpaired) electrons. The Balaban J connectivity index is 1.89. The molecule has 1 saturated heterocycles. The van der Waals surface area contributed by atoms with Gasteiger partial charge >= 0.3 is 19.3 Å². The van der Waals surface area contributed by atoms with Crippen LogP contribution in [0, 0.1) is 5.92 Å². The van der Waals surface area contributed by atoms with E-state index in [4.69, 9.17) is 18.5 Å². The third-order valence-corrected chi connectivity index (χ3v) is 8.02. The summed E-state index contributed by atoms with van der Waals surface area (Å²) in [5, 5.41) is 21.7. The number of nitrogens with zero attached hydrogens (tertiary/aromatic N) is 1. The van der Waals surface area contributed by atoms with E-state index in [1.807, 2.05) is 4.98 Å². The molecule has 0 bridgehead atoms. The lowest BCUT2D eigenvalue weighted by atomic mass is 9.93. The van der Waals surface area contributed by atoms with Crippen molar-refractivity contribution in [2.75, 3.05) is 12.8 Å². The minimum absolute atomic E-state index is 0.179. The molecule has 3 N–H and O–H groups in total. The SMILES string of the molecule is CC(C)OC(=O)[C@H](C)CP(=O)(Oc1ccccc1)O[C@H](C)[C@H]1O[C@@H](n2ccc(=O)[nH]c2=O)C(O)(CF)[C@H]1O. The molecule has 14 heteroatoms. The predicted octanol–water partition coefficient (Wildman–Crippen LogP) is 1.76. The molecule has 2 aromatic rings. The van der Waals surface area contributed by atoms with Crippen LogP contribution in [0.4, 0.5) is 4.39 Å². The van der Waals surface area contributed by atoms with E-state index < -0.39 is 79.8 Å². The fourth-order valence-electron chi connectivity index (χ4n) is 4.02. The summed E-state index contributed by atoms with van der Waals surface area (Å²) >= 11 is 0. The Hall–Kier alpha value is -2.83. The van der Waals surface area contributed by atoms with E-state index in [0.29, 0.717) is 0 Å². The molecular formula is C24H32FN2O10P. The fourth-order valence-corrected chi connectivity index (χ4v) is 6.11. The summed E-state index contributed by atoms with van der Waals surface area (Å²) in [6.07, 6.45) is -6.32. The number of alkyl halides is 1. The van der Waals surface area contributed by atoms with Gasteiger partial charge in [-0.3, -0.25) is 23.7 Å². The Morgan fingerprint density at radius 3 is 2.45 bits per heavy atom. The monoisotopic (exact) mass is 558 g/mol. The Kier molecular flexibility index (Phi) is 9.32. The molecule has 0 spiro atoms. The minimum atomic E-state index is -4.17. The predicted molar refractivity (Wildman–Crippen MR) is 133 cm³/mol. The number of esters is 1. The molecule has 0 aliphatic carbocycles. The molecular weight excluding hydrogens is 526 g/mol. The van der Waals surface area contributed by atoms with Crippen LogP contribution in [0.1, 0.15) is 33.9 Å². The van der Waals surface area contributed by atoms with E-state index in [9.17, 15) is 33.6 Å². The number of benzene rings is 1. The molecule has 38 heavy (non-hydrogen) atoms. The highest BCUT2D eigenvalue weighted by atomic mass is 31.2. The average molecular weight is 558 g/mol. The molecule has 12 nitrogen and oxygen atoms in total. The van der Waals surface area contributed by atoms with Gasteiger partial charge in [-0.2, -0.15) is 0 Å². The van der Waals surface area contributed by atoms with Gasteiger partial charge in [0.1, 0.15) is 24.6 Å². The number of hydrogen-bond acceptors (Lipinski definition) is 10. The quantitative estimate of drug-likeness (QED) is 0.273. The van der Waals surface area contributed by atoms with Crippen molar-refractivity contribution in [3.8, 4) is 5.75 Å². The number of aliphatic hydroxyl groups is 2. The lowest BCUT2D eigenvalue weighted by molar-refractivity contribution is -0.151. The first-order valence-electron chi connectivity index (χ1n) is 12.0. The number of aromatic amines is 1. The molecule has 0 saturated carbocycles. The fraction of sp³-hybridized carbons (Fsp3) is 0.542. The van der Waals surface area contributed by atoms with Crippen molar-refractivity contribution in [3.05, 3.63) is 63.4 Å². The summed E-state index contributed by atoms with van der Waals surface area (Å²) in [6.45, 7) is 4.64. The minimum Gasteiger partial charge on any atom is -0.463 e. The number of aromatic nitrogens is 2. The summed E-state index contributed by atoms with van der Waals surface area (Å²) in [5.41, 5.74) is -4.35. The Morgan fingerprint density at radius 1 is 1.21 bits per heavy atom. The van der Waals surface area contributed by atoms with Gasteiger partial charge < -0.3 is 24.2 Å². The van der Waals surface area contributed by atoms with E-state index in [1.165, 1.54) is 26.0 Å². The van der Waals surface area contributed by atoms with Crippen LogP contribution >= 0.6 is 7.60 Å². The van der Waals surface area contributed by atoms with E-state index in [1.54, 1.807) is 32.0 Å². The lowest BCUT2D eigenvalue weighted by Crippen LogP contribution is -2.51. The van der Waals surface area contributed by atoms with Crippen LogP contribution in [0.25, 0.3) is 0 Å². The van der Waals surface area contributed by atoms with Gasteiger partial charge in [0, 0.05) is 12.3 Å². The van der Waals surface area contributed by atoms with Gasteiger partial charge in [0.2, 0.25) is 0 Å². The van der Waals surface area contributed by atoms with E-state index >= 15 is 0 Å². The second-order valence-corrected chi connectivity index (χ2v) is 11.4. The van der Waals surface area contributed by atoms with Crippen LogP contribution in [-0.4, -0.2) is 68.6 Å². The summed E-state index contributed by atoms with van der Waals surface area (Å²) < 4.78 is 51.0. The number of ether oxygens (including phenoxy) is 2. The average Bonchev–Trinajstić information content (AvgIpc) is 3.10. The molecule has 1 aliphatic rings. The third kappa shape index (κ3) is 6.59. The number of rotatable bonds is 11. The molecule has 3 rings (SSSR count). The van der Waals surface area contributed by atoms with Crippen molar-refractivity contribution in [2.24, 2.45) is 5.92 Å². The van der Waals surface area contributed by atoms with Crippen LogP contribution < -0.4 is 15.8 Å². The number of carbonyl (C=O) groups excluding carboxylic acids is 1. The van der Waals surface area contributed by atoms with E-state index in [2.05, 4.69) is 0 Å². The zero-order chi connectivity index (χ0) is 28.3. The second kappa shape index (κ2) is 11.9. The smallest absolute Gasteiger partial charge is 0.380 e. The number of aliphatic hydroxyl groups excluding tert-OH is 1. The highest BCUT2D eigenvalue weighted by molar-refractivity contribution is 7.54. The molecule has 2 heterocycles. The van der Waals surface area contributed by atoms with Crippen LogP contribution in [0.15, 0.2) is 52.2 Å². The molecule has 2 unspecified atom stereocenters. The molecule has 1 aliphatic heterocycles. The van der Waals surface area contributed by atoms with Gasteiger partial charge in [0.05, 0.1) is 24.3 Å². The number of nitrogens with one attached hydrogen (secondary N) is 1. The summed E-state index contributed by atoms with van der Waals surface area (Å²) in [6, 6.07) is 9.00. The maximum atomic E-state index is 14.1. The highest BCUT2D eigenvalue weighted by Gasteiger charge is 2.59. The Labute approximate surface area is 217 Å². The molecule has 1 aromatic carbocycles. The molecule has 7 atom stereocenters. The first-order chi connectivity index (χ1) is 17.8. The number of para-hydroxylation sites is 1. The van der Waals surface area contributed by atoms with Gasteiger partial charge in [-0.15, -0.1) is 0 Å². The zero-order valence-corrected chi connectivity index (χ0v) is 22.2. The standard InChI is InChI=1S/C24H32FN2O10P/c1-14(2)34-21(30)15(3)12-38(33,37-17-8-6-5-7-9-17)36-16(4)19-20(29)24(32,13-25)22(35-19)27-11-10-18(28)26-23(27)31/h5-11,14-16,19-20,22,29,32H,12-13H2,1-4H3,(H,26,28,31)/t15-,16-,19-,20+,22-,24?,38?/m1/s1. The third-order valence-electron chi connectivity index (χ3n) is 5.88. The number of carbonyl (C=O) groups is 1. The van der Waals surface area contributed by atoms with Crippen molar-refractivity contribution in [1.29, 1.82) is 0 Å². The van der Waals surface area contributed by atoms with Gasteiger partial charge in [-0.1, -0.05) is 25.1 Å². The number of H-pyrrole nitrogens is 1. The van der Waals surface area contributed by atoms with E-state index in [0.717, 1.165) is 16.8 Å². The number of halogens is 1. The Morgan fingerprint density at radius 2 is 1.87 bits per heavy atom. The van der Waals surface area contributed by atoms with Crippen molar-refractivity contribution in [2.45, 2.75) is 63.9 Å². The van der Waals surface area contributed by atoms with Crippen molar-refractivity contribution in [1.82, 2.24) is 9.55 Å². The maximum absolute atomic E-state index is 14.1. The van der Waals surface area contributed by atoms with Crippen molar-refractivity contribution >= 4 is 13.6 Å². The van der Waals surface area contributed by atoms with Crippen LogP contribution in [0.2, 0.25) is 0 Å². The number of hydrogen-bond donors (Lipinski definition) is 3. The van der Waals surface area contributed by atoms with Crippen LogP contribution in [0.3, 0.4) is 0 Å². The summed E-state index contributed by atoms with van der Waals surface area (Å²) in [4.78, 5) is 38.1. The first-order valence-corrected chi connectivity index (χ1v) is 13.7. The molecule has 1 aromatic heterocycles. The molecule has 210 valence electrons. The summed E-state index contributed by atoms with van der Waals surface area (Å²) in [7, 11) is -4.17. The highest BCUT2D eigenvalue weighted by Crippen LogP contribution is 2.53. The van der Waals surface area contributed by atoms with E-state index in [-0.39, 0.29) is 5.75 Å². The maximum Gasteiger partial charge on any atom is 0.380 e. The lowest BCUT2D eigenvalue weighted by Gasteiger charge is -2.30. The van der Waals surface area contributed by atoms with Crippen LogP contribution in [0.5, 0.6) is 5.75 Å². The molecule has 1 fully saturated rings. The topological polar surface area (TPSA) is 166 Å². The largest absolute Gasteiger partial charge is 0.463 e. The Bertz CT molecular complexity index is 1270. The van der Waals surface area contributed by atoms with Crippen molar-refractivity contribution in [3.63, 3.8) is 0 Å². The second-order valence-electron chi connectivity index (χ2n) is 9.44. The molecule has 0 amide bonds. The van der Waals surface area contributed by atoms with Gasteiger partial charge in [0.15, 0.2) is 11.8 Å². The van der Waals surface area contributed by atoms with Gasteiger partial charge in [-0.05, 0) is 32.9 Å². The summed E-state index contributed by atoms with van der Waals surface area (Å²) in [5.74, 6) is -1.36.